The van der Waals surface area contributed by atoms with Crippen molar-refractivity contribution in [1.82, 2.24) is 0 Å². The molecular formula is C32H47BFNO4Si. The molecule has 218 valence electrons. The molecule has 0 bridgehead atoms. The summed E-state index contributed by atoms with van der Waals surface area (Å²) in [6.45, 7) is 26.8. The van der Waals surface area contributed by atoms with Crippen molar-refractivity contribution in [2.45, 2.75) is 123 Å². The molecule has 0 radical (unpaired) electrons. The minimum atomic E-state index is -2.05. The molecule has 0 atom stereocenters. The van der Waals surface area contributed by atoms with E-state index in [-0.39, 0.29) is 5.69 Å². The zero-order chi connectivity index (χ0) is 30.4. The highest BCUT2D eigenvalue weighted by molar-refractivity contribution is 6.90. The lowest BCUT2D eigenvalue weighted by molar-refractivity contribution is 0.00578. The van der Waals surface area contributed by atoms with Crippen LogP contribution in [0, 0.1) is 17.3 Å². The van der Waals surface area contributed by atoms with E-state index in [2.05, 4.69) is 58.3 Å². The topological polar surface area (TPSA) is 56.8 Å². The molecule has 3 rings (SSSR count). The fourth-order valence-electron chi connectivity index (χ4n) is 5.86. The normalized spacial score (nSPS) is 17.0. The monoisotopic (exact) mass is 567 g/mol. The number of amides is 1. The predicted molar refractivity (Wildman–Crippen MR) is 167 cm³/mol. The molecule has 1 fully saturated rings. The van der Waals surface area contributed by atoms with Crippen LogP contribution in [0.25, 0.3) is 10.8 Å². The van der Waals surface area contributed by atoms with Crippen LogP contribution in [-0.4, -0.2) is 38.1 Å². The number of carbonyl (C=O) groups excluding carboxylic acids is 1. The molecule has 1 N–H and O–H groups in total. The first-order chi connectivity index (χ1) is 18.2. The van der Waals surface area contributed by atoms with Gasteiger partial charge >= 0.3 is 13.2 Å². The fourth-order valence-corrected chi connectivity index (χ4v) is 11.1. The van der Waals surface area contributed by atoms with Gasteiger partial charge in [-0.15, -0.1) is 5.54 Å². The van der Waals surface area contributed by atoms with Gasteiger partial charge in [-0.25, -0.2) is 9.18 Å². The van der Waals surface area contributed by atoms with E-state index in [0.29, 0.717) is 32.9 Å². The smallest absolute Gasteiger partial charge is 0.444 e. The van der Waals surface area contributed by atoms with Gasteiger partial charge in [0.25, 0.3) is 0 Å². The van der Waals surface area contributed by atoms with Gasteiger partial charge in [0.1, 0.15) is 13.7 Å². The molecular weight excluding hydrogens is 520 g/mol. The SMILES string of the molecule is CC(C)[Si](C#Cc1cccc2c(F)c(NC(=O)OC(C)(C)C)cc(B3OC(C)(C)C(C)(C)O3)c12)(C(C)C)C(C)C. The summed E-state index contributed by atoms with van der Waals surface area (Å²) in [6, 6.07) is 7.06. The second-order valence-corrected chi connectivity index (χ2v) is 19.5. The van der Waals surface area contributed by atoms with Crippen molar-refractivity contribution in [3.8, 4) is 11.5 Å². The maximum atomic E-state index is 16.1. The van der Waals surface area contributed by atoms with Crippen LogP contribution in [0.3, 0.4) is 0 Å². The molecule has 40 heavy (non-hydrogen) atoms. The van der Waals surface area contributed by atoms with Crippen LogP contribution in [0.2, 0.25) is 16.6 Å². The molecule has 1 amide bonds. The number of benzene rings is 2. The number of hydrogen-bond acceptors (Lipinski definition) is 4. The molecule has 0 aliphatic carbocycles. The average molecular weight is 568 g/mol. The van der Waals surface area contributed by atoms with Crippen LogP contribution < -0.4 is 10.8 Å². The Morgan fingerprint density at radius 1 is 1.00 bits per heavy atom. The van der Waals surface area contributed by atoms with Crippen molar-refractivity contribution in [2.24, 2.45) is 0 Å². The zero-order valence-electron chi connectivity index (χ0n) is 26.6. The van der Waals surface area contributed by atoms with Crippen molar-refractivity contribution in [2.75, 3.05) is 5.32 Å². The Morgan fingerprint density at radius 2 is 1.52 bits per heavy atom. The van der Waals surface area contributed by atoms with Gasteiger partial charge < -0.3 is 14.0 Å². The average Bonchev–Trinajstić information content (AvgIpc) is 3.00. The fraction of sp³-hybridized carbons (Fsp3) is 0.594. The first-order valence-electron chi connectivity index (χ1n) is 14.4. The van der Waals surface area contributed by atoms with Crippen LogP contribution in [0.1, 0.15) is 95.6 Å². The Kier molecular flexibility index (Phi) is 8.97. The van der Waals surface area contributed by atoms with Gasteiger partial charge in [-0.2, -0.15) is 0 Å². The number of nitrogens with one attached hydrogen (secondary N) is 1. The molecule has 8 heteroatoms. The lowest BCUT2D eigenvalue weighted by atomic mass is 9.74. The van der Waals surface area contributed by atoms with Crippen molar-refractivity contribution in [3.63, 3.8) is 0 Å². The summed E-state index contributed by atoms with van der Waals surface area (Å²) < 4.78 is 34.3. The first kappa shape index (κ1) is 32.2. The quantitative estimate of drug-likeness (QED) is 0.292. The molecule has 5 nitrogen and oxygen atoms in total. The van der Waals surface area contributed by atoms with E-state index in [1.54, 1.807) is 32.9 Å². The summed E-state index contributed by atoms with van der Waals surface area (Å²) in [4.78, 5) is 12.6. The number of ether oxygens (including phenoxy) is 1. The predicted octanol–water partition coefficient (Wildman–Crippen LogP) is 8.19. The highest BCUT2D eigenvalue weighted by Crippen LogP contribution is 2.41. The maximum absolute atomic E-state index is 16.1. The molecule has 0 unspecified atom stereocenters. The summed E-state index contributed by atoms with van der Waals surface area (Å²) in [7, 11) is -2.83. The minimum Gasteiger partial charge on any atom is -0.444 e. The third-order valence-corrected chi connectivity index (χ3v) is 14.8. The number of fused-ring (bicyclic) bond motifs is 1. The molecule has 1 aliphatic heterocycles. The number of halogens is 1. The van der Waals surface area contributed by atoms with E-state index in [4.69, 9.17) is 14.0 Å². The van der Waals surface area contributed by atoms with E-state index >= 15 is 4.39 Å². The Morgan fingerprint density at radius 3 is 2.00 bits per heavy atom. The highest BCUT2D eigenvalue weighted by atomic mass is 28.3. The standard InChI is InChI=1S/C32H47BFNO4Si/c1-20(2)40(21(3)4,22(5)6)18-17-23-15-14-16-24-27(23)25(33-38-31(10,11)32(12,13)39-33)19-26(28(24)34)35-29(36)37-30(7,8)9/h14-16,19-22H,1-13H3,(H,35,36). The minimum absolute atomic E-state index is 0.00633. The molecule has 1 heterocycles. The third kappa shape index (κ3) is 6.12. The Labute approximate surface area is 242 Å². The zero-order valence-corrected chi connectivity index (χ0v) is 27.6. The lowest BCUT2D eigenvalue weighted by Gasteiger charge is -2.38. The molecule has 0 saturated carbocycles. The molecule has 2 aromatic carbocycles. The molecule has 0 spiro atoms. The maximum Gasteiger partial charge on any atom is 0.495 e. The van der Waals surface area contributed by atoms with Crippen LogP contribution in [0.5, 0.6) is 0 Å². The number of carbonyl (C=O) groups is 1. The van der Waals surface area contributed by atoms with Crippen LogP contribution >= 0.6 is 0 Å². The van der Waals surface area contributed by atoms with Gasteiger partial charge in [0.15, 0.2) is 5.82 Å². The van der Waals surface area contributed by atoms with Crippen LogP contribution in [0.15, 0.2) is 24.3 Å². The van der Waals surface area contributed by atoms with E-state index in [1.807, 2.05) is 39.8 Å². The first-order valence-corrected chi connectivity index (χ1v) is 16.6. The molecule has 0 aromatic heterocycles. The summed E-state index contributed by atoms with van der Waals surface area (Å²) >= 11 is 0. The Bertz CT molecular complexity index is 1300. The van der Waals surface area contributed by atoms with Crippen molar-refractivity contribution < 1.29 is 23.2 Å². The van der Waals surface area contributed by atoms with Gasteiger partial charge in [0, 0.05) is 16.3 Å². The lowest BCUT2D eigenvalue weighted by Crippen LogP contribution is -2.43. The summed E-state index contributed by atoms with van der Waals surface area (Å²) in [6.07, 6.45) is -0.733. The van der Waals surface area contributed by atoms with Crippen molar-refractivity contribution >= 4 is 43.2 Å². The van der Waals surface area contributed by atoms with E-state index in [0.717, 1.165) is 5.56 Å². The van der Waals surface area contributed by atoms with Gasteiger partial charge in [0.2, 0.25) is 0 Å². The largest absolute Gasteiger partial charge is 0.495 e. The Balaban J connectivity index is 2.31. The van der Waals surface area contributed by atoms with Crippen LogP contribution in [-0.2, 0) is 14.0 Å². The summed E-state index contributed by atoms with van der Waals surface area (Å²) in [5, 5.41) is 3.59. The van der Waals surface area contributed by atoms with E-state index in [1.165, 1.54) is 0 Å². The van der Waals surface area contributed by atoms with Crippen molar-refractivity contribution in [3.05, 3.63) is 35.6 Å². The second-order valence-electron chi connectivity index (χ2n) is 13.9. The van der Waals surface area contributed by atoms with Gasteiger partial charge in [-0.05, 0) is 82.7 Å². The van der Waals surface area contributed by atoms with E-state index in [9.17, 15) is 4.79 Å². The summed E-state index contributed by atoms with van der Waals surface area (Å²) in [5.41, 5.74) is 4.57. The molecule has 1 saturated heterocycles. The van der Waals surface area contributed by atoms with Gasteiger partial charge in [-0.1, -0.05) is 59.6 Å². The number of rotatable bonds is 5. The van der Waals surface area contributed by atoms with Crippen molar-refractivity contribution in [1.29, 1.82) is 0 Å². The summed E-state index contributed by atoms with van der Waals surface area (Å²) in [5.74, 6) is 2.97. The number of anilines is 1. The van der Waals surface area contributed by atoms with Gasteiger partial charge in [0.05, 0.1) is 16.9 Å². The van der Waals surface area contributed by atoms with Crippen LogP contribution in [0.4, 0.5) is 14.9 Å². The molecule has 2 aromatic rings. The van der Waals surface area contributed by atoms with E-state index < -0.39 is 43.9 Å². The highest BCUT2D eigenvalue weighted by Gasteiger charge is 2.52. The second kappa shape index (κ2) is 11.2. The Hall–Kier alpha value is -2.34. The number of hydrogen-bond donors (Lipinski definition) is 1. The molecule has 1 aliphatic rings. The third-order valence-electron chi connectivity index (χ3n) is 8.55. The van der Waals surface area contributed by atoms with Gasteiger partial charge in [-0.3, -0.25) is 5.32 Å².